The Labute approximate surface area is 163 Å². The number of nitro benzene ring substituents is 1. The van der Waals surface area contributed by atoms with E-state index in [4.69, 9.17) is 5.11 Å². The van der Waals surface area contributed by atoms with E-state index in [-0.39, 0.29) is 6.54 Å². The first-order valence-electron chi connectivity index (χ1n) is 7.57. The van der Waals surface area contributed by atoms with Crippen LogP contribution in [0.2, 0.25) is 0 Å². The van der Waals surface area contributed by atoms with Crippen LogP contribution in [0.25, 0.3) is 0 Å². The number of rotatable bonds is 7. The quantitative estimate of drug-likeness (QED) is 0.485. The molecule has 0 aliphatic heterocycles. The maximum absolute atomic E-state index is 12.8. The molecule has 0 spiro atoms. The molecule has 1 atom stereocenters. The first-order valence-corrected chi connectivity index (χ1v) is 9.81. The molecule has 0 bridgehead atoms. The minimum atomic E-state index is -4.21. The van der Waals surface area contributed by atoms with Gasteiger partial charge in [0.15, 0.2) is 4.90 Å². The van der Waals surface area contributed by atoms with Gasteiger partial charge in [-0.3, -0.25) is 10.1 Å². The number of benzene rings is 2. The van der Waals surface area contributed by atoms with Crippen LogP contribution in [0.3, 0.4) is 0 Å². The molecule has 1 amide bonds. The summed E-state index contributed by atoms with van der Waals surface area (Å²) in [5, 5.41) is 22.5. The van der Waals surface area contributed by atoms with E-state index in [1.807, 2.05) is 0 Å². The fraction of sp³-hybridized carbons (Fsp3) is 0.188. The minimum Gasteiger partial charge on any atom is -0.465 e. The molecule has 0 heterocycles. The van der Waals surface area contributed by atoms with E-state index < -0.39 is 37.7 Å². The fourth-order valence-corrected chi connectivity index (χ4v) is 4.03. The highest BCUT2D eigenvalue weighted by Crippen LogP contribution is 2.27. The van der Waals surface area contributed by atoms with E-state index in [1.165, 1.54) is 19.2 Å². The predicted molar refractivity (Wildman–Crippen MR) is 101 cm³/mol. The number of halogens is 1. The molecule has 9 nitrogen and oxygen atoms in total. The normalized spacial score (nSPS) is 12.6. The van der Waals surface area contributed by atoms with Gasteiger partial charge < -0.3 is 10.4 Å². The second kappa shape index (κ2) is 8.46. The molecule has 0 aliphatic rings. The summed E-state index contributed by atoms with van der Waals surface area (Å²) in [4.78, 5) is 21.0. The van der Waals surface area contributed by atoms with Crippen LogP contribution < -0.4 is 5.32 Å². The van der Waals surface area contributed by atoms with Crippen molar-refractivity contribution in [3.05, 3.63) is 68.7 Å². The Morgan fingerprint density at radius 2 is 1.85 bits per heavy atom. The maximum Gasteiger partial charge on any atom is 0.405 e. The zero-order valence-electron chi connectivity index (χ0n) is 14.1. The van der Waals surface area contributed by atoms with Gasteiger partial charge in [-0.15, -0.1) is 0 Å². The molecule has 1 unspecified atom stereocenters. The number of para-hydroxylation sites is 1. The summed E-state index contributed by atoms with van der Waals surface area (Å²) in [5.74, 6) is 0. The van der Waals surface area contributed by atoms with Crippen LogP contribution in [0.1, 0.15) is 11.6 Å². The Hall–Kier alpha value is -2.50. The smallest absolute Gasteiger partial charge is 0.405 e. The molecule has 2 rings (SSSR count). The van der Waals surface area contributed by atoms with Crippen LogP contribution in [0.15, 0.2) is 57.9 Å². The lowest BCUT2D eigenvalue weighted by Gasteiger charge is -2.24. The molecule has 0 saturated heterocycles. The van der Waals surface area contributed by atoms with Crippen LogP contribution in [-0.4, -0.2) is 42.4 Å². The monoisotopic (exact) mass is 457 g/mol. The van der Waals surface area contributed by atoms with E-state index in [2.05, 4.69) is 21.2 Å². The van der Waals surface area contributed by atoms with Crippen molar-refractivity contribution in [2.75, 3.05) is 13.6 Å². The second-order valence-electron chi connectivity index (χ2n) is 5.56. The maximum atomic E-state index is 12.8. The Balaban J connectivity index is 2.36. The van der Waals surface area contributed by atoms with Gasteiger partial charge in [0.25, 0.3) is 5.69 Å². The lowest BCUT2D eigenvalue weighted by Crippen LogP contribution is -2.38. The van der Waals surface area contributed by atoms with Crippen molar-refractivity contribution in [3.63, 3.8) is 0 Å². The molecular weight excluding hydrogens is 442 g/mol. The van der Waals surface area contributed by atoms with E-state index in [0.717, 1.165) is 20.9 Å². The summed E-state index contributed by atoms with van der Waals surface area (Å²) in [6, 6.07) is 10.8. The summed E-state index contributed by atoms with van der Waals surface area (Å²) in [7, 11) is -2.97. The van der Waals surface area contributed by atoms with Crippen LogP contribution in [0.4, 0.5) is 10.5 Å². The summed E-state index contributed by atoms with van der Waals surface area (Å²) in [6.07, 6.45) is -1.32. The number of carbonyl (C=O) groups is 1. The third kappa shape index (κ3) is 5.02. The van der Waals surface area contributed by atoms with E-state index in [9.17, 15) is 23.3 Å². The first-order chi connectivity index (χ1) is 12.6. The van der Waals surface area contributed by atoms with Crippen LogP contribution in [0, 0.1) is 10.1 Å². The molecule has 144 valence electrons. The van der Waals surface area contributed by atoms with Gasteiger partial charge in [-0.05, 0) is 23.8 Å². The van der Waals surface area contributed by atoms with Gasteiger partial charge in [-0.2, -0.15) is 4.31 Å². The summed E-state index contributed by atoms with van der Waals surface area (Å²) in [5.41, 5.74) is 0.000877. The average molecular weight is 458 g/mol. The predicted octanol–water partition coefficient (Wildman–Crippen LogP) is 2.99. The molecule has 0 radical (unpaired) electrons. The molecule has 27 heavy (non-hydrogen) atoms. The molecule has 0 aromatic heterocycles. The van der Waals surface area contributed by atoms with Crippen LogP contribution >= 0.6 is 15.9 Å². The molecule has 0 saturated carbocycles. The van der Waals surface area contributed by atoms with Gasteiger partial charge in [0.2, 0.25) is 10.0 Å². The van der Waals surface area contributed by atoms with Crippen LogP contribution in [-0.2, 0) is 10.0 Å². The number of likely N-dealkylation sites (N-methyl/N-ethyl adjacent to an activating group) is 1. The molecule has 2 N–H and O–H groups in total. The van der Waals surface area contributed by atoms with Gasteiger partial charge in [0.1, 0.15) is 0 Å². The average Bonchev–Trinajstić information content (AvgIpc) is 2.61. The Bertz CT molecular complexity index is 949. The fourth-order valence-electron chi connectivity index (χ4n) is 2.43. The minimum absolute atomic E-state index is 0.248. The molecular formula is C16H16BrN3O6S. The number of hydrogen-bond donors (Lipinski definition) is 2. The highest BCUT2D eigenvalue weighted by atomic mass is 79.9. The third-order valence-corrected chi connectivity index (χ3v) is 6.16. The lowest BCUT2D eigenvalue weighted by atomic mass is 10.1. The van der Waals surface area contributed by atoms with Gasteiger partial charge in [-0.25, -0.2) is 13.2 Å². The highest BCUT2D eigenvalue weighted by Gasteiger charge is 2.31. The van der Waals surface area contributed by atoms with E-state index >= 15 is 0 Å². The number of carboxylic acid groups (broad SMARTS) is 1. The number of nitro groups is 1. The van der Waals surface area contributed by atoms with Crippen molar-refractivity contribution in [1.82, 2.24) is 9.62 Å². The Kier molecular flexibility index (Phi) is 6.52. The Morgan fingerprint density at radius 3 is 2.41 bits per heavy atom. The largest absolute Gasteiger partial charge is 0.465 e. The number of nitrogens with zero attached hydrogens (tertiary/aromatic N) is 2. The molecule has 2 aromatic carbocycles. The standard InChI is InChI=1S/C16H16BrN3O6S/c1-19(27(25,26)15-5-3-2-4-14(15)20(23)24)10-13(18-16(21)22)11-6-8-12(17)9-7-11/h2-9,13,18H,10H2,1H3,(H,21,22). The molecule has 0 aliphatic carbocycles. The SMILES string of the molecule is CN(CC(NC(=O)O)c1ccc(Br)cc1)S(=O)(=O)c1ccccc1[N+](=O)[O-]. The number of hydrogen-bond acceptors (Lipinski definition) is 5. The topological polar surface area (TPSA) is 130 Å². The zero-order valence-corrected chi connectivity index (χ0v) is 16.5. The number of nitrogens with one attached hydrogen (secondary N) is 1. The van der Waals surface area contributed by atoms with E-state index in [0.29, 0.717) is 5.56 Å². The van der Waals surface area contributed by atoms with Crippen molar-refractivity contribution in [2.45, 2.75) is 10.9 Å². The molecule has 2 aromatic rings. The number of sulfonamides is 1. The third-order valence-electron chi connectivity index (χ3n) is 3.76. The molecule has 11 heteroatoms. The summed E-state index contributed by atoms with van der Waals surface area (Å²) in [6.45, 7) is -0.248. The zero-order chi connectivity index (χ0) is 20.2. The van der Waals surface area contributed by atoms with Gasteiger partial charge in [0, 0.05) is 24.1 Å². The van der Waals surface area contributed by atoms with Crippen LogP contribution in [0.5, 0.6) is 0 Å². The van der Waals surface area contributed by atoms with E-state index in [1.54, 1.807) is 24.3 Å². The van der Waals surface area contributed by atoms with Crippen molar-refractivity contribution in [3.8, 4) is 0 Å². The summed E-state index contributed by atoms with van der Waals surface area (Å²) >= 11 is 3.27. The summed E-state index contributed by atoms with van der Waals surface area (Å²) < 4.78 is 27.3. The van der Waals surface area contributed by atoms with Crippen molar-refractivity contribution in [1.29, 1.82) is 0 Å². The van der Waals surface area contributed by atoms with Gasteiger partial charge in [-0.1, -0.05) is 40.2 Å². The number of amides is 1. The van der Waals surface area contributed by atoms with Gasteiger partial charge >= 0.3 is 6.09 Å². The van der Waals surface area contributed by atoms with Crippen molar-refractivity contribution in [2.24, 2.45) is 0 Å². The van der Waals surface area contributed by atoms with Crippen molar-refractivity contribution < 1.29 is 23.2 Å². The first kappa shape index (κ1) is 20.8. The highest BCUT2D eigenvalue weighted by molar-refractivity contribution is 9.10. The Morgan fingerprint density at radius 1 is 1.26 bits per heavy atom. The van der Waals surface area contributed by atoms with Gasteiger partial charge in [0.05, 0.1) is 11.0 Å². The second-order valence-corrected chi connectivity index (χ2v) is 8.49. The lowest BCUT2D eigenvalue weighted by molar-refractivity contribution is -0.387. The van der Waals surface area contributed by atoms with Crippen molar-refractivity contribution >= 4 is 37.7 Å². The molecule has 0 fully saturated rings.